The lowest BCUT2D eigenvalue weighted by Gasteiger charge is -2.11. The van der Waals surface area contributed by atoms with E-state index >= 15 is 0 Å². The fourth-order valence-corrected chi connectivity index (χ4v) is 0.960. The van der Waals surface area contributed by atoms with Crippen molar-refractivity contribution in [2.75, 3.05) is 13.2 Å². The van der Waals surface area contributed by atoms with Crippen LogP contribution in [0, 0.1) is 5.92 Å². The van der Waals surface area contributed by atoms with Gasteiger partial charge >= 0.3 is 0 Å². The molecule has 0 saturated heterocycles. The minimum Gasteiger partial charge on any atom is -0.381 e. The smallest absolute Gasteiger partial charge is 0.0531 e. The van der Waals surface area contributed by atoms with Crippen LogP contribution in [0.25, 0.3) is 0 Å². The van der Waals surface area contributed by atoms with Crippen LogP contribution in [0.2, 0.25) is 0 Å². The van der Waals surface area contributed by atoms with E-state index in [-0.39, 0.29) is 0 Å². The van der Waals surface area contributed by atoms with Crippen LogP contribution in [0.4, 0.5) is 0 Å². The predicted molar refractivity (Wildman–Crippen MR) is 54.1 cm³/mol. The van der Waals surface area contributed by atoms with Gasteiger partial charge in [-0.2, -0.15) is 0 Å². The second-order valence-corrected chi connectivity index (χ2v) is 2.67. The third-order valence-electron chi connectivity index (χ3n) is 1.69. The van der Waals surface area contributed by atoms with Gasteiger partial charge in [-0.15, -0.1) is 0 Å². The van der Waals surface area contributed by atoms with Crippen LogP contribution in [0.1, 0.15) is 13.8 Å². The Hall–Kier alpha value is -0.820. The molecule has 1 nitrogen and oxygen atoms in total. The number of allylic oxidation sites excluding steroid dienone is 3. The molecule has 0 aromatic carbocycles. The Morgan fingerprint density at radius 3 is 2.58 bits per heavy atom. The molecular formula is C11H18O. The zero-order valence-electron chi connectivity index (χ0n) is 8.05. The second kappa shape index (κ2) is 6.86. The molecule has 0 amide bonds. The predicted octanol–water partition coefficient (Wildman–Crippen LogP) is 2.96. The van der Waals surface area contributed by atoms with E-state index in [1.165, 1.54) is 5.57 Å². The third kappa shape index (κ3) is 4.14. The minimum absolute atomic E-state index is 0.403. The Morgan fingerprint density at radius 1 is 1.50 bits per heavy atom. The quantitative estimate of drug-likeness (QED) is 0.551. The summed E-state index contributed by atoms with van der Waals surface area (Å²) < 4.78 is 5.30. The summed E-state index contributed by atoms with van der Waals surface area (Å²) in [6.07, 6.45) is 5.60. The molecule has 0 N–H and O–H groups in total. The van der Waals surface area contributed by atoms with Crippen LogP contribution in [0.15, 0.2) is 37.0 Å². The van der Waals surface area contributed by atoms with Gasteiger partial charge in [-0.1, -0.05) is 38.3 Å². The van der Waals surface area contributed by atoms with E-state index in [0.29, 0.717) is 5.92 Å². The Balaban J connectivity index is 4.02. The van der Waals surface area contributed by atoms with Gasteiger partial charge in [0.25, 0.3) is 0 Å². The lowest BCUT2D eigenvalue weighted by atomic mass is 10.0. The van der Waals surface area contributed by atoms with Crippen LogP contribution < -0.4 is 0 Å². The monoisotopic (exact) mass is 166 g/mol. The van der Waals surface area contributed by atoms with Gasteiger partial charge in [-0.3, -0.25) is 0 Å². The zero-order chi connectivity index (χ0) is 9.40. The molecule has 0 bridgehead atoms. The maximum absolute atomic E-state index is 5.30. The van der Waals surface area contributed by atoms with E-state index in [4.69, 9.17) is 4.74 Å². The Kier molecular flexibility index (Phi) is 6.39. The van der Waals surface area contributed by atoms with Gasteiger partial charge in [0.2, 0.25) is 0 Å². The summed E-state index contributed by atoms with van der Waals surface area (Å²) in [6, 6.07) is 0. The van der Waals surface area contributed by atoms with Crippen molar-refractivity contribution in [2.45, 2.75) is 13.8 Å². The van der Waals surface area contributed by atoms with Crippen molar-refractivity contribution in [3.05, 3.63) is 37.0 Å². The molecule has 0 aromatic rings. The summed E-state index contributed by atoms with van der Waals surface area (Å²) >= 11 is 0. The van der Waals surface area contributed by atoms with Gasteiger partial charge in [0.1, 0.15) is 0 Å². The average molecular weight is 166 g/mol. The highest BCUT2D eigenvalue weighted by Gasteiger charge is 2.03. The van der Waals surface area contributed by atoms with Crippen molar-refractivity contribution >= 4 is 0 Å². The summed E-state index contributed by atoms with van der Waals surface area (Å²) in [7, 11) is 0. The molecule has 0 radical (unpaired) electrons. The molecule has 0 aliphatic heterocycles. The maximum Gasteiger partial charge on any atom is 0.0531 e. The van der Waals surface area contributed by atoms with Gasteiger partial charge in [-0.05, 0) is 12.5 Å². The van der Waals surface area contributed by atoms with Crippen molar-refractivity contribution < 1.29 is 4.74 Å². The minimum atomic E-state index is 0.403. The van der Waals surface area contributed by atoms with Gasteiger partial charge in [0.15, 0.2) is 0 Å². The van der Waals surface area contributed by atoms with Crippen LogP contribution >= 0.6 is 0 Å². The van der Waals surface area contributed by atoms with Crippen molar-refractivity contribution in [2.24, 2.45) is 5.92 Å². The molecule has 0 saturated carbocycles. The Morgan fingerprint density at radius 2 is 2.17 bits per heavy atom. The highest BCUT2D eigenvalue weighted by Crippen LogP contribution is 2.11. The van der Waals surface area contributed by atoms with E-state index in [2.05, 4.69) is 20.1 Å². The molecule has 1 atom stereocenters. The second-order valence-electron chi connectivity index (χ2n) is 2.67. The summed E-state index contributed by atoms with van der Waals surface area (Å²) in [5.74, 6) is 0.403. The Bertz CT molecular complexity index is 168. The fraction of sp³-hybridized carbons (Fsp3) is 0.455. The average Bonchev–Trinajstić information content (AvgIpc) is 2.10. The lowest BCUT2D eigenvalue weighted by Crippen LogP contribution is -2.07. The molecule has 0 heterocycles. The molecule has 0 aliphatic rings. The van der Waals surface area contributed by atoms with E-state index in [9.17, 15) is 0 Å². The largest absolute Gasteiger partial charge is 0.381 e. The molecule has 0 spiro atoms. The van der Waals surface area contributed by atoms with Gasteiger partial charge in [-0.25, -0.2) is 0 Å². The molecule has 12 heavy (non-hydrogen) atoms. The number of hydrogen-bond donors (Lipinski definition) is 0. The lowest BCUT2D eigenvalue weighted by molar-refractivity contribution is 0.127. The van der Waals surface area contributed by atoms with E-state index < -0.39 is 0 Å². The highest BCUT2D eigenvalue weighted by atomic mass is 16.5. The molecular weight excluding hydrogens is 148 g/mol. The fourth-order valence-electron chi connectivity index (χ4n) is 0.960. The SMILES string of the molecule is C=C/C=C(\C=C)C(C)COCC. The first kappa shape index (κ1) is 11.2. The topological polar surface area (TPSA) is 9.23 Å². The maximum atomic E-state index is 5.30. The van der Waals surface area contributed by atoms with Crippen LogP contribution in [-0.4, -0.2) is 13.2 Å². The van der Waals surface area contributed by atoms with Crippen LogP contribution in [-0.2, 0) is 4.74 Å². The molecule has 0 aromatic heterocycles. The summed E-state index contributed by atoms with van der Waals surface area (Å²) in [6.45, 7) is 13.0. The van der Waals surface area contributed by atoms with Crippen LogP contribution in [0.5, 0.6) is 0 Å². The van der Waals surface area contributed by atoms with Crippen molar-refractivity contribution in [1.29, 1.82) is 0 Å². The van der Waals surface area contributed by atoms with Gasteiger partial charge in [0.05, 0.1) is 6.61 Å². The number of rotatable bonds is 6. The third-order valence-corrected chi connectivity index (χ3v) is 1.69. The van der Waals surface area contributed by atoms with Crippen molar-refractivity contribution in [3.8, 4) is 0 Å². The van der Waals surface area contributed by atoms with E-state index in [1.54, 1.807) is 6.08 Å². The standard InChI is InChI=1S/C11H18O/c1-5-8-11(6-2)10(4)9-12-7-3/h5-6,8,10H,1-2,7,9H2,3-4H3/b11-8+. The first-order valence-electron chi connectivity index (χ1n) is 4.29. The van der Waals surface area contributed by atoms with Crippen molar-refractivity contribution in [3.63, 3.8) is 0 Å². The first-order chi connectivity index (χ1) is 5.76. The number of hydrogen-bond acceptors (Lipinski definition) is 1. The summed E-state index contributed by atoms with van der Waals surface area (Å²) in [5, 5.41) is 0. The summed E-state index contributed by atoms with van der Waals surface area (Å²) in [5.41, 5.74) is 1.18. The number of ether oxygens (including phenoxy) is 1. The zero-order valence-corrected chi connectivity index (χ0v) is 8.05. The molecule has 0 aliphatic carbocycles. The molecule has 1 unspecified atom stereocenters. The molecule has 0 fully saturated rings. The normalized spacial score (nSPS) is 14.0. The molecule has 0 rings (SSSR count). The molecule has 1 heteroatoms. The van der Waals surface area contributed by atoms with E-state index in [0.717, 1.165) is 13.2 Å². The molecule has 68 valence electrons. The van der Waals surface area contributed by atoms with Crippen LogP contribution in [0.3, 0.4) is 0 Å². The first-order valence-corrected chi connectivity index (χ1v) is 4.29. The van der Waals surface area contributed by atoms with E-state index in [1.807, 2.05) is 19.1 Å². The van der Waals surface area contributed by atoms with Gasteiger partial charge in [0, 0.05) is 12.5 Å². The van der Waals surface area contributed by atoms with Gasteiger partial charge < -0.3 is 4.74 Å². The van der Waals surface area contributed by atoms with Crippen molar-refractivity contribution in [1.82, 2.24) is 0 Å². The Labute approximate surface area is 75.4 Å². The summed E-state index contributed by atoms with van der Waals surface area (Å²) in [4.78, 5) is 0. The highest BCUT2D eigenvalue weighted by molar-refractivity contribution is 5.23.